The van der Waals surface area contributed by atoms with E-state index in [2.05, 4.69) is 15.1 Å². The average molecular weight is 303 g/mol. The molecule has 0 saturated carbocycles. The molecular formula is C12H16F3N5O. The summed E-state index contributed by atoms with van der Waals surface area (Å²) in [5, 5.41) is 3.52. The molecule has 0 spiro atoms. The molecule has 2 aromatic heterocycles. The van der Waals surface area contributed by atoms with Crippen molar-refractivity contribution in [1.29, 1.82) is 0 Å². The maximum Gasteiger partial charge on any atom is 0.453 e. The van der Waals surface area contributed by atoms with Crippen LogP contribution in [0.25, 0.3) is 5.78 Å². The van der Waals surface area contributed by atoms with E-state index in [1.807, 2.05) is 0 Å². The summed E-state index contributed by atoms with van der Waals surface area (Å²) < 4.78 is 44.2. The first-order chi connectivity index (χ1) is 9.82. The second-order valence-corrected chi connectivity index (χ2v) is 4.67. The van der Waals surface area contributed by atoms with Crippen molar-refractivity contribution >= 4 is 11.6 Å². The van der Waals surface area contributed by atoms with Crippen LogP contribution in [0, 0.1) is 6.92 Å². The number of aryl methyl sites for hydroxylation is 1. The first kappa shape index (κ1) is 15.5. The van der Waals surface area contributed by atoms with Crippen molar-refractivity contribution < 1.29 is 17.9 Å². The van der Waals surface area contributed by atoms with Gasteiger partial charge in [-0.25, -0.2) is 4.98 Å². The van der Waals surface area contributed by atoms with E-state index in [4.69, 9.17) is 4.74 Å². The van der Waals surface area contributed by atoms with E-state index >= 15 is 0 Å². The highest BCUT2D eigenvalue weighted by atomic mass is 19.4. The van der Waals surface area contributed by atoms with Crippen molar-refractivity contribution in [3.8, 4) is 0 Å². The molecular weight excluding hydrogens is 287 g/mol. The van der Waals surface area contributed by atoms with Gasteiger partial charge in [0.05, 0.1) is 0 Å². The molecule has 116 valence electrons. The zero-order chi connectivity index (χ0) is 15.6. The maximum atomic E-state index is 12.7. The van der Waals surface area contributed by atoms with Crippen molar-refractivity contribution in [1.82, 2.24) is 19.6 Å². The maximum absolute atomic E-state index is 12.7. The van der Waals surface area contributed by atoms with Gasteiger partial charge in [0.25, 0.3) is 11.6 Å². The Morgan fingerprint density at radius 1 is 1.33 bits per heavy atom. The van der Waals surface area contributed by atoms with Gasteiger partial charge in [-0.05, 0) is 13.3 Å². The number of alkyl halides is 3. The number of nitrogens with zero attached hydrogens (tertiary/aromatic N) is 5. The lowest BCUT2D eigenvalue weighted by atomic mass is 10.3. The van der Waals surface area contributed by atoms with Gasteiger partial charge in [-0.15, -0.1) is 5.10 Å². The van der Waals surface area contributed by atoms with E-state index < -0.39 is 12.0 Å². The molecule has 2 heterocycles. The number of rotatable bonds is 5. The van der Waals surface area contributed by atoms with Gasteiger partial charge in [0.2, 0.25) is 0 Å². The summed E-state index contributed by atoms with van der Waals surface area (Å²) in [6.07, 6.45) is -3.84. The summed E-state index contributed by atoms with van der Waals surface area (Å²) in [6.45, 7) is 2.89. The number of fused-ring (bicyclic) bond motifs is 1. The van der Waals surface area contributed by atoms with Crippen LogP contribution in [0.5, 0.6) is 0 Å². The van der Waals surface area contributed by atoms with Crippen LogP contribution in [-0.2, 0) is 10.9 Å². The largest absolute Gasteiger partial charge is 0.453 e. The van der Waals surface area contributed by atoms with Gasteiger partial charge < -0.3 is 9.64 Å². The molecule has 6 nitrogen and oxygen atoms in total. The molecule has 0 N–H and O–H groups in total. The van der Waals surface area contributed by atoms with Crippen molar-refractivity contribution in [2.24, 2.45) is 0 Å². The minimum Gasteiger partial charge on any atom is -0.385 e. The van der Waals surface area contributed by atoms with Crippen LogP contribution in [-0.4, -0.2) is 46.9 Å². The molecule has 0 fully saturated rings. The van der Waals surface area contributed by atoms with Crippen LogP contribution in [0.1, 0.15) is 17.9 Å². The number of hydrogen-bond donors (Lipinski definition) is 0. The Morgan fingerprint density at radius 3 is 2.67 bits per heavy atom. The van der Waals surface area contributed by atoms with Crippen molar-refractivity contribution in [3.05, 3.63) is 17.6 Å². The van der Waals surface area contributed by atoms with Crippen molar-refractivity contribution in [2.45, 2.75) is 19.5 Å². The Morgan fingerprint density at radius 2 is 2.05 bits per heavy atom. The SMILES string of the molecule is COCCCN(C)c1cc(C)nc2nc(C(F)(F)F)nn12. The minimum atomic E-state index is -4.59. The fourth-order valence-corrected chi connectivity index (χ4v) is 1.92. The van der Waals surface area contributed by atoms with Gasteiger partial charge in [-0.3, -0.25) is 0 Å². The third-order valence-electron chi connectivity index (χ3n) is 2.91. The molecule has 21 heavy (non-hydrogen) atoms. The first-order valence-electron chi connectivity index (χ1n) is 6.34. The lowest BCUT2D eigenvalue weighted by molar-refractivity contribution is -0.144. The van der Waals surface area contributed by atoms with Gasteiger partial charge >= 0.3 is 6.18 Å². The second-order valence-electron chi connectivity index (χ2n) is 4.67. The standard InChI is InChI=1S/C12H16F3N5O/c1-8-7-9(19(2)5-4-6-21-3)20-11(16-8)17-10(18-20)12(13,14)15/h7H,4-6H2,1-3H3. The van der Waals surface area contributed by atoms with Gasteiger partial charge in [0.1, 0.15) is 5.82 Å². The molecule has 0 amide bonds. The number of anilines is 1. The Balaban J connectivity index is 2.40. The summed E-state index contributed by atoms with van der Waals surface area (Å²) in [5.74, 6) is -0.736. The highest BCUT2D eigenvalue weighted by Gasteiger charge is 2.37. The summed E-state index contributed by atoms with van der Waals surface area (Å²) >= 11 is 0. The predicted octanol–water partition coefficient (Wildman–Crippen LogP) is 1.92. The van der Waals surface area contributed by atoms with E-state index in [1.54, 1.807) is 32.0 Å². The number of methoxy groups -OCH3 is 1. The van der Waals surface area contributed by atoms with E-state index in [0.717, 1.165) is 10.9 Å². The molecule has 0 atom stereocenters. The van der Waals surface area contributed by atoms with Gasteiger partial charge in [0, 0.05) is 39.1 Å². The lowest BCUT2D eigenvalue weighted by Gasteiger charge is -2.19. The zero-order valence-electron chi connectivity index (χ0n) is 12.0. The molecule has 2 rings (SSSR count). The Hall–Kier alpha value is -1.90. The monoisotopic (exact) mass is 303 g/mol. The Bertz CT molecular complexity index is 625. The van der Waals surface area contributed by atoms with Crippen LogP contribution >= 0.6 is 0 Å². The van der Waals surface area contributed by atoms with Crippen LogP contribution in [0.4, 0.5) is 19.0 Å². The highest BCUT2D eigenvalue weighted by molar-refractivity contribution is 5.47. The summed E-state index contributed by atoms with van der Waals surface area (Å²) in [7, 11) is 3.38. The number of aromatic nitrogens is 4. The topological polar surface area (TPSA) is 55.5 Å². The fourth-order valence-electron chi connectivity index (χ4n) is 1.92. The van der Waals surface area contributed by atoms with Gasteiger partial charge in [0.15, 0.2) is 0 Å². The smallest absolute Gasteiger partial charge is 0.385 e. The molecule has 0 aliphatic rings. The lowest BCUT2D eigenvalue weighted by Crippen LogP contribution is -2.23. The fraction of sp³-hybridized carbons (Fsp3) is 0.583. The quantitative estimate of drug-likeness (QED) is 0.790. The third kappa shape index (κ3) is 3.41. The van der Waals surface area contributed by atoms with E-state index in [9.17, 15) is 13.2 Å². The first-order valence-corrected chi connectivity index (χ1v) is 6.34. The van der Waals surface area contributed by atoms with Crippen LogP contribution in [0.2, 0.25) is 0 Å². The van der Waals surface area contributed by atoms with Crippen LogP contribution < -0.4 is 4.90 Å². The number of ether oxygens (including phenoxy) is 1. The molecule has 0 saturated heterocycles. The zero-order valence-corrected chi connectivity index (χ0v) is 12.0. The molecule has 9 heteroatoms. The average Bonchev–Trinajstić information content (AvgIpc) is 2.81. The molecule has 0 bridgehead atoms. The molecule has 0 radical (unpaired) electrons. The number of hydrogen-bond acceptors (Lipinski definition) is 5. The predicted molar refractivity (Wildman–Crippen MR) is 70.3 cm³/mol. The molecule has 2 aromatic rings. The molecule has 0 aliphatic heterocycles. The minimum absolute atomic E-state index is 0.0593. The van der Waals surface area contributed by atoms with Gasteiger partial charge in [-0.2, -0.15) is 22.7 Å². The molecule has 0 aromatic carbocycles. The Kier molecular flexibility index (Phi) is 4.31. The van der Waals surface area contributed by atoms with Crippen molar-refractivity contribution in [2.75, 3.05) is 32.2 Å². The molecule has 0 unspecified atom stereocenters. The summed E-state index contributed by atoms with van der Waals surface area (Å²) in [6, 6.07) is 1.68. The van der Waals surface area contributed by atoms with E-state index in [1.165, 1.54) is 0 Å². The Labute approximate surface area is 119 Å². The normalized spacial score (nSPS) is 12.1. The van der Waals surface area contributed by atoms with Crippen LogP contribution in [0.15, 0.2) is 6.07 Å². The number of halogens is 3. The van der Waals surface area contributed by atoms with Crippen LogP contribution in [0.3, 0.4) is 0 Å². The summed E-state index contributed by atoms with van der Waals surface area (Å²) in [4.78, 5) is 9.24. The van der Waals surface area contributed by atoms with Gasteiger partial charge in [-0.1, -0.05) is 0 Å². The van der Waals surface area contributed by atoms with E-state index in [0.29, 0.717) is 24.7 Å². The third-order valence-corrected chi connectivity index (χ3v) is 2.91. The molecule has 0 aliphatic carbocycles. The van der Waals surface area contributed by atoms with Crippen molar-refractivity contribution in [3.63, 3.8) is 0 Å². The highest BCUT2D eigenvalue weighted by Crippen LogP contribution is 2.27. The van der Waals surface area contributed by atoms with E-state index in [-0.39, 0.29) is 5.78 Å². The summed E-state index contributed by atoms with van der Waals surface area (Å²) in [5.41, 5.74) is 0.581. The second kappa shape index (κ2) is 5.84.